The Morgan fingerprint density at radius 3 is 2.79 bits per heavy atom. The van der Waals surface area contributed by atoms with E-state index in [9.17, 15) is 9.90 Å². The number of rotatable bonds is 3. The number of esters is 1. The summed E-state index contributed by atoms with van der Waals surface area (Å²) in [5, 5.41) is 9.23. The first-order valence-corrected chi connectivity index (χ1v) is 4.51. The average molecular weight is 198 g/mol. The molecule has 0 aromatic carbocycles. The van der Waals surface area contributed by atoms with Gasteiger partial charge in [0.25, 0.3) is 0 Å². The van der Waals surface area contributed by atoms with Gasteiger partial charge >= 0.3 is 5.97 Å². The van der Waals surface area contributed by atoms with Gasteiger partial charge in [-0.15, -0.1) is 0 Å². The lowest BCUT2D eigenvalue weighted by Gasteiger charge is -1.97. The summed E-state index contributed by atoms with van der Waals surface area (Å²) in [7, 11) is 0. The first-order valence-electron chi connectivity index (χ1n) is 4.51. The third-order valence-electron chi connectivity index (χ3n) is 1.84. The molecule has 1 N–H and O–H groups in total. The summed E-state index contributed by atoms with van der Waals surface area (Å²) in [5.74, 6) is 0.436. The second-order valence-electron chi connectivity index (χ2n) is 3.02. The van der Waals surface area contributed by atoms with E-state index in [1.807, 2.05) is 0 Å². The summed E-state index contributed by atoms with van der Waals surface area (Å²) in [6.07, 6.45) is -0.711. The van der Waals surface area contributed by atoms with Crippen LogP contribution < -0.4 is 0 Å². The third-order valence-corrected chi connectivity index (χ3v) is 1.84. The Labute approximate surface area is 82.5 Å². The van der Waals surface area contributed by atoms with Crippen LogP contribution in [-0.2, 0) is 4.74 Å². The van der Waals surface area contributed by atoms with Crippen LogP contribution >= 0.6 is 0 Å². The van der Waals surface area contributed by atoms with Gasteiger partial charge in [0.15, 0.2) is 0 Å². The van der Waals surface area contributed by atoms with E-state index in [0.717, 1.165) is 0 Å². The molecule has 0 aliphatic rings. The number of aliphatic hydroxyl groups is 1. The Morgan fingerprint density at radius 2 is 2.36 bits per heavy atom. The van der Waals surface area contributed by atoms with Crippen molar-refractivity contribution < 1.29 is 19.1 Å². The fraction of sp³-hybridized carbons (Fsp3) is 0.500. The summed E-state index contributed by atoms with van der Waals surface area (Å²) in [4.78, 5) is 11.3. The smallest absolute Gasteiger partial charge is 0.341 e. The number of aliphatic hydroxyl groups excluding tert-OH is 1. The Hall–Kier alpha value is -1.29. The van der Waals surface area contributed by atoms with Crippen molar-refractivity contribution in [3.05, 3.63) is 23.2 Å². The molecule has 0 aliphatic heterocycles. The summed E-state index contributed by atoms with van der Waals surface area (Å²) in [6, 6.07) is 1.51. The minimum absolute atomic E-state index is 0.327. The Bertz CT molecular complexity index is 325. The largest absolute Gasteiger partial charge is 0.463 e. The number of furan rings is 1. The summed E-state index contributed by atoms with van der Waals surface area (Å²) in [5.41, 5.74) is 0.378. The topological polar surface area (TPSA) is 59.7 Å². The van der Waals surface area contributed by atoms with Crippen LogP contribution in [0.5, 0.6) is 0 Å². The normalized spacial score (nSPS) is 12.6. The Morgan fingerprint density at radius 1 is 1.71 bits per heavy atom. The lowest BCUT2D eigenvalue weighted by atomic mass is 10.2. The van der Waals surface area contributed by atoms with Gasteiger partial charge in [0.1, 0.15) is 23.2 Å². The first-order chi connectivity index (χ1) is 6.56. The molecule has 0 saturated carbocycles. The van der Waals surface area contributed by atoms with E-state index in [0.29, 0.717) is 23.7 Å². The van der Waals surface area contributed by atoms with E-state index in [2.05, 4.69) is 0 Å². The number of hydrogen-bond acceptors (Lipinski definition) is 4. The van der Waals surface area contributed by atoms with Gasteiger partial charge in [0.2, 0.25) is 0 Å². The van der Waals surface area contributed by atoms with E-state index >= 15 is 0 Å². The summed E-state index contributed by atoms with van der Waals surface area (Å²) >= 11 is 0. The van der Waals surface area contributed by atoms with Crippen molar-refractivity contribution in [1.29, 1.82) is 0 Å². The van der Waals surface area contributed by atoms with Crippen LogP contribution in [-0.4, -0.2) is 17.7 Å². The molecule has 0 spiro atoms. The molecule has 1 aromatic heterocycles. The van der Waals surface area contributed by atoms with E-state index in [4.69, 9.17) is 9.15 Å². The van der Waals surface area contributed by atoms with E-state index in [1.54, 1.807) is 20.8 Å². The van der Waals surface area contributed by atoms with Crippen LogP contribution in [0.2, 0.25) is 0 Å². The zero-order valence-corrected chi connectivity index (χ0v) is 8.53. The standard InChI is InChI=1S/C10H14O4/c1-4-13-10(12)8-5-9(6(2)11)14-7(8)3/h5-6,11H,4H2,1-3H3/t6-/m0/s1. The molecule has 0 aliphatic carbocycles. The lowest BCUT2D eigenvalue weighted by molar-refractivity contribution is 0.0524. The predicted octanol–water partition coefficient (Wildman–Crippen LogP) is 1.82. The quantitative estimate of drug-likeness (QED) is 0.752. The average Bonchev–Trinajstić information content (AvgIpc) is 2.48. The number of ether oxygens (including phenoxy) is 1. The molecule has 1 aromatic rings. The molecule has 14 heavy (non-hydrogen) atoms. The van der Waals surface area contributed by atoms with Gasteiger partial charge in [-0.2, -0.15) is 0 Å². The molecule has 1 atom stereocenters. The second kappa shape index (κ2) is 4.28. The highest BCUT2D eigenvalue weighted by Gasteiger charge is 2.17. The zero-order chi connectivity index (χ0) is 10.7. The first kappa shape index (κ1) is 10.8. The predicted molar refractivity (Wildman–Crippen MR) is 50.0 cm³/mol. The zero-order valence-electron chi connectivity index (χ0n) is 8.53. The number of carbonyl (C=O) groups is 1. The van der Waals surface area contributed by atoms with E-state index in [-0.39, 0.29) is 0 Å². The van der Waals surface area contributed by atoms with Gasteiger partial charge in [-0.3, -0.25) is 0 Å². The molecule has 0 amide bonds. The van der Waals surface area contributed by atoms with E-state index < -0.39 is 12.1 Å². The van der Waals surface area contributed by atoms with Crippen molar-refractivity contribution in [3.8, 4) is 0 Å². The molecule has 1 rings (SSSR count). The van der Waals surface area contributed by atoms with E-state index in [1.165, 1.54) is 6.07 Å². The molecule has 0 fully saturated rings. The van der Waals surface area contributed by atoms with Crippen molar-refractivity contribution in [2.75, 3.05) is 6.61 Å². The van der Waals surface area contributed by atoms with Crippen molar-refractivity contribution in [1.82, 2.24) is 0 Å². The van der Waals surface area contributed by atoms with Crippen molar-refractivity contribution in [2.24, 2.45) is 0 Å². The van der Waals surface area contributed by atoms with Crippen LogP contribution in [0.3, 0.4) is 0 Å². The van der Waals surface area contributed by atoms with Crippen molar-refractivity contribution in [2.45, 2.75) is 26.9 Å². The number of hydrogen-bond donors (Lipinski definition) is 1. The van der Waals surface area contributed by atoms with Crippen LogP contribution in [0.1, 0.15) is 41.8 Å². The highest BCUT2D eigenvalue weighted by molar-refractivity contribution is 5.90. The van der Waals surface area contributed by atoms with Crippen LogP contribution in [0.4, 0.5) is 0 Å². The van der Waals surface area contributed by atoms with Gasteiger partial charge in [-0.1, -0.05) is 0 Å². The Kier molecular flexibility index (Phi) is 3.30. The molecule has 78 valence electrons. The molecule has 4 nitrogen and oxygen atoms in total. The minimum atomic E-state index is -0.711. The summed E-state index contributed by atoms with van der Waals surface area (Å²) in [6.45, 7) is 5.31. The maximum atomic E-state index is 11.3. The molecule has 1 heterocycles. The number of carbonyl (C=O) groups excluding carboxylic acids is 1. The molecule has 0 radical (unpaired) electrons. The highest BCUT2D eigenvalue weighted by Crippen LogP contribution is 2.20. The van der Waals surface area contributed by atoms with Crippen molar-refractivity contribution in [3.63, 3.8) is 0 Å². The van der Waals surface area contributed by atoms with Gasteiger partial charge in [-0.05, 0) is 26.8 Å². The molecular formula is C10H14O4. The Balaban J connectivity index is 2.92. The molecule has 0 bridgehead atoms. The minimum Gasteiger partial charge on any atom is -0.463 e. The monoisotopic (exact) mass is 198 g/mol. The molecule has 0 unspecified atom stereocenters. The third kappa shape index (κ3) is 2.14. The van der Waals surface area contributed by atoms with Crippen LogP contribution in [0.25, 0.3) is 0 Å². The fourth-order valence-electron chi connectivity index (χ4n) is 1.12. The lowest BCUT2D eigenvalue weighted by Crippen LogP contribution is -2.04. The molecule has 0 saturated heterocycles. The van der Waals surface area contributed by atoms with Crippen LogP contribution in [0.15, 0.2) is 10.5 Å². The van der Waals surface area contributed by atoms with Gasteiger partial charge < -0.3 is 14.3 Å². The van der Waals surface area contributed by atoms with Gasteiger partial charge in [-0.25, -0.2) is 4.79 Å². The SMILES string of the molecule is CCOC(=O)c1cc([C@H](C)O)oc1C. The van der Waals surface area contributed by atoms with Gasteiger partial charge in [0, 0.05) is 0 Å². The second-order valence-corrected chi connectivity index (χ2v) is 3.02. The van der Waals surface area contributed by atoms with Gasteiger partial charge in [0.05, 0.1) is 6.61 Å². The van der Waals surface area contributed by atoms with Crippen LogP contribution in [0, 0.1) is 6.92 Å². The highest BCUT2D eigenvalue weighted by atomic mass is 16.5. The molecular weight excluding hydrogens is 184 g/mol. The van der Waals surface area contributed by atoms with Crippen molar-refractivity contribution >= 4 is 5.97 Å². The fourth-order valence-corrected chi connectivity index (χ4v) is 1.12. The number of aryl methyl sites for hydroxylation is 1. The maximum absolute atomic E-state index is 11.3. The molecule has 4 heteroatoms. The maximum Gasteiger partial charge on any atom is 0.341 e. The summed E-state index contributed by atoms with van der Waals surface area (Å²) < 4.78 is 10.0.